The van der Waals surface area contributed by atoms with Gasteiger partial charge in [0.15, 0.2) is 0 Å². The van der Waals surface area contributed by atoms with Crippen LogP contribution in [0.1, 0.15) is 24.0 Å². The summed E-state index contributed by atoms with van der Waals surface area (Å²) in [6.45, 7) is 6.60. The van der Waals surface area contributed by atoms with E-state index in [0.717, 1.165) is 16.7 Å². The summed E-state index contributed by atoms with van der Waals surface area (Å²) in [7, 11) is 0. The molecule has 1 atom stereocenters. The number of rotatable bonds is 5. The highest BCUT2D eigenvalue weighted by molar-refractivity contribution is 5.81. The van der Waals surface area contributed by atoms with Crippen molar-refractivity contribution in [2.24, 2.45) is 0 Å². The first-order valence-corrected chi connectivity index (χ1v) is 7.74. The summed E-state index contributed by atoms with van der Waals surface area (Å²) in [4.78, 5) is 19.8. The minimum absolute atomic E-state index is 0.00780. The molecule has 0 saturated heterocycles. The number of nitrogens with one attached hydrogen (secondary N) is 2. The second kappa shape index (κ2) is 6.24. The Morgan fingerprint density at radius 1 is 1.35 bits per heavy atom. The third kappa shape index (κ3) is 3.77. The van der Waals surface area contributed by atoms with Crippen LogP contribution >= 0.6 is 0 Å². The van der Waals surface area contributed by atoms with Crippen LogP contribution < -0.4 is 5.32 Å². The predicted octanol–water partition coefficient (Wildman–Crippen LogP) is 2.12. The molecule has 2 aromatic heterocycles. The summed E-state index contributed by atoms with van der Waals surface area (Å²) >= 11 is 0. The van der Waals surface area contributed by atoms with Crippen LogP contribution in [0, 0.1) is 13.8 Å². The van der Waals surface area contributed by atoms with Crippen molar-refractivity contribution in [3.63, 3.8) is 0 Å². The minimum atomic E-state index is -0.0443. The van der Waals surface area contributed by atoms with Crippen molar-refractivity contribution in [2.75, 3.05) is 0 Å². The molecule has 1 aromatic carbocycles. The lowest BCUT2D eigenvalue weighted by Crippen LogP contribution is -2.36. The third-order valence-corrected chi connectivity index (χ3v) is 3.66. The van der Waals surface area contributed by atoms with Gasteiger partial charge >= 0.3 is 0 Å². The number of nitrogens with zero attached hydrogens (tertiary/aromatic N) is 3. The Morgan fingerprint density at radius 2 is 2.17 bits per heavy atom. The molecule has 0 aliphatic carbocycles. The monoisotopic (exact) mass is 311 g/mol. The number of imidazole rings is 1. The maximum atomic E-state index is 12.2. The van der Waals surface area contributed by atoms with E-state index >= 15 is 0 Å². The summed E-state index contributed by atoms with van der Waals surface area (Å²) in [5.74, 6) is 0.641. The summed E-state index contributed by atoms with van der Waals surface area (Å²) in [6.07, 6.45) is 2.16. The molecule has 0 saturated carbocycles. The van der Waals surface area contributed by atoms with E-state index in [9.17, 15) is 4.79 Å². The highest BCUT2D eigenvalue weighted by Gasteiger charge is 2.12. The zero-order chi connectivity index (χ0) is 16.4. The van der Waals surface area contributed by atoms with Gasteiger partial charge in [0.2, 0.25) is 5.91 Å². The smallest absolute Gasteiger partial charge is 0.227 e. The first-order valence-electron chi connectivity index (χ1n) is 7.74. The number of aromatic nitrogens is 4. The molecular formula is C17H21N5O. The van der Waals surface area contributed by atoms with E-state index in [1.807, 2.05) is 55.9 Å². The number of carbonyl (C=O) groups is 1. The highest BCUT2D eigenvalue weighted by Crippen LogP contribution is 2.13. The number of hydrogen-bond acceptors (Lipinski definition) is 3. The quantitative estimate of drug-likeness (QED) is 0.758. The van der Waals surface area contributed by atoms with Crippen LogP contribution in [0.15, 0.2) is 30.5 Å². The second-order valence-electron chi connectivity index (χ2n) is 6.03. The third-order valence-electron chi connectivity index (χ3n) is 3.66. The summed E-state index contributed by atoms with van der Waals surface area (Å²) in [5, 5.41) is 7.31. The molecule has 3 aromatic rings. The number of benzene rings is 1. The fraction of sp³-hybridized carbons (Fsp3) is 0.353. The Balaban J connectivity index is 1.59. The lowest BCUT2D eigenvalue weighted by Gasteiger charge is -2.13. The van der Waals surface area contributed by atoms with Gasteiger partial charge in [0.1, 0.15) is 5.82 Å². The van der Waals surface area contributed by atoms with Crippen molar-refractivity contribution in [2.45, 2.75) is 39.8 Å². The topological polar surface area (TPSA) is 75.6 Å². The lowest BCUT2D eigenvalue weighted by atomic mass is 10.2. The van der Waals surface area contributed by atoms with Gasteiger partial charge in [-0.15, -0.1) is 0 Å². The van der Waals surface area contributed by atoms with Crippen molar-refractivity contribution < 1.29 is 4.79 Å². The number of H-pyrrole nitrogens is 1. The maximum absolute atomic E-state index is 12.2. The van der Waals surface area contributed by atoms with Crippen LogP contribution in [-0.4, -0.2) is 31.7 Å². The Labute approximate surface area is 134 Å². The molecule has 6 heteroatoms. The Morgan fingerprint density at radius 3 is 2.91 bits per heavy atom. The van der Waals surface area contributed by atoms with Gasteiger partial charge in [-0.3, -0.25) is 9.48 Å². The predicted molar refractivity (Wildman–Crippen MR) is 89.1 cm³/mol. The minimum Gasteiger partial charge on any atom is -0.351 e. The van der Waals surface area contributed by atoms with Gasteiger partial charge in [0.25, 0.3) is 0 Å². The van der Waals surface area contributed by atoms with E-state index in [0.29, 0.717) is 12.4 Å². The molecule has 1 unspecified atom stereocenters. The molecule has 0 spiro atoms. The number of carbonyl (C=O) groups excluding carboxylic acids is 1. The molecule has 0 radical (unpaired) electrons. The van der Waals surface area contributed by atoms with Gasteiger partial charge in [0.05, 0.1) is 29.7 Å². The molecule has 0 fully saturated rings. The van der Waals surface area contributed by atoms with Crippen LogP contribution in [0.5, 0.6) is 0 Å². The molecular weight excluding hydrogens is 290 g/mol. The summed E-state index contributed by atoms with van der Waals surface area (Å²) in [5.41, 5.74) is 3.99. The SMILES string of the molecule is Cc1ccc2nc(CC(=O)NC(C)Cn3ccc(C)n3)[nH]c2c1. The maximum Gasteiger partial charge on any atom is 0.227 e. The second-order valence-corrected chi connectivity index (χ2v) is 6.03. The van der Waals surface area contributed by atoms with E-state index < -0.39 is 0 Å². The Kier molecular flexibility index (Phi) is 4.14. The van der Waals surface area contributed by atoms with Crippen molar-refractivity contribution in [3.05, 3.63) is 47.5 Å². The molecule has 2 N–H and O–H groups in total. The lowest BCUT2D eigenvalue weighted by molar-refractivity contribution is -0.121. The number of aromatic amines is 1. The molecule has 2 heterocycles. The summed E-state index contributed by atoms with van der Waals surface area (Å²) in [6, 6.07) is 7.97. The average molecular weight is 311 g/mol. The number of hydrogen-bond donors (Lipinski definition) is 2. The average Bonchev–Trinajstić information content (AvgIpc) is 3.03. The van der Waals surface area contributed by atoms with Crippen molar-refractivity contribution in [3.8, 4) is 0 Å². The van der Waals surface area contributed by atoms with Crippen molar-refractivity contribution in [1.29, 1.82) is 0 Å². The van der Waals surface area contributed by atoms with Crippen LogP contribution in [0.3, 0.4) is 0 Å². The van der Waals surface area contributed by atoms with E-state index in [4.69, 9.17) is 0 Å². The first-order chi connectivity index (χ1) is 11.0. The first kappa shape index (κ1) is 15.3. The van der Waals surface area contributed by atoms with E-state index in [1.54, 1.807) is 0 Å². The van der Waals surface area contributed by atoms with E-state index in [1.165, 1.54) is 5.56 Å². The largest absolute Gasteiger partial charge is 0.351 e. The van der Waals surface area contributed by atoms with Gasteiger partial charge in [-0.1, -0.05) is 6.07 Å². The molecule has 0 bridgehead atoms. The zero-order valence-electron chi connectivity index (χ0n) is 13.6. The molecule has 3 rings (SSSR count). The van der Waals surface area contributed by atoms with Crippen molar-refractivity contribution in [1.82, 2.24) is 25.1 Å². The fourth-order valence-electron chi connectivity index (χ4n) is 2.63. The molecule has 6 nitrogen and oxygen atoms in total. The van der Waals surface area contributed by atoms with Crippen LogP contribution in [-0.2, 0) is 17.8 Å². The molecule has 23 heavy (non-hydrogen) atoms. The van der Waals surface area contributed by atoms with Gasteiger partial charge in [-0.2, -0.15) is 5.10 Å². The van der Waals surface area contributed by atoms with Crippen molar-refractivity contribution >= 4 is 16.9 Å². The van der Waals surface area contributed by atoms with Gasteiger partial charge in [-0.05, 0) is 44.5 Å². The molecule has 0 aliphatic heterocycles. The Hall–Kier alpha value is -2.63. The normalized spacial score (nSPS) is 12.5. The van der Waals surface area contributed by atoms with E-state index in [2.05, 4.69) is 20.4 Å². The Bertz CT molecular complexity index is 832. The van der Waals surface area contributed by atoms with Gasteiger partial charge in [0, 0.05) is 12.2 Å². The van der Waals surface area contributed by atoms with Crippen LogP contribution in [0.2, 0.25) is 0 Å². The summed E-state index contributed by atoms with van der Waals surface area (Å²) < 4.78 is 1.84. The van der Waals surface area contributed by atoms with E-state index in [-0.39, 0.29) is 18.4 Å². The highest BCUT2D eigenvalue weighted by atomic mass is 16.1. The van der Waals surface area contributed by atoms with Crippen LogP contribution in [0.4, 0.5) is 0 Å². The number of amides is 1. The molecule has 120 valence electrons. The van der Waals surface area contributed by atoms with Gasteiger partial charge < -0.3 is 10.3 Å². The molecule has 1 amide bonds. The van der Waals surface area contributed by atoms with Crippen LogP contribution in [0.25, 0.3) is 11.0 Å². The standard InChI is InChI=1S/C17H21N5O/c1-11-4-5-14-15(8-11)20-16(19-14)9-17(23)18-13(3)10-22-7-6-12(2)21-22/h4-8,13H,9-10H2,1-3H3,(H,18,23)(H,19,20). The zero-order valence-corrected chi connectivity index (χ0v) is 13.6. The number of fused-ring (bicyclic) bond motifs is 1. The number of aryl methyl sites for hydroxylation is 2. The van der Waals surface area contributed by atoms with Gasteiger partial charge in [-0.25, -0.2) is 4.98 Å². The fourth-order valence-corrected chi connectivity index (χ4v) is 2.63. The molecule has 0 aliphatic rings.